The van der Waals surface area contributed by atoms with E-state index in [0.29, 0.717) is 17.6 Å². The summed E-state index contributed by atoms with van der Waals surface area (Å²) in [5.41, 5.74) is -0.826. The van der Waals surface area contributed by atoms with Crippen molar-refractivity contribution in [3.63, 3.8) is 0 Å². The Morgan fingerprint density at radius 2 is 2.11 bits per heavy atom. The molecule has 0 bridgehead atoms. The van der Waals surface area contributed by atoms with Crippen LogP contribution in [0.15, 0.2) is 24.3 Å². The normalized spacial score (nSPS) is 25.2. The summed E-state index contributed by atoms with van der Waals surface area (Å²) >= 11 is 0. The van der Waals surface area contributed by atoms with Crippen molar-refractivity contribution in [3.8, 4) is 0 Å². The fourth-order valence-electron chi connectivity index (χ4n) is 2.25. The van der Waals surface area contributed by atoms with Gasteiger partial charge >= 0.3 is 0 Å². The molecule has 0 heterocycles. The van der Waals surface area contributed by atoms with Crippen LogP contribution >= 0.6 is 0 Å². The van der Waals surface area contributed by atoms with E-state index in [1.54, 1.807) is 19.1 Å². The summed E-state index contributed by atoms with van der Waals surface area (Å²) in [5, 5.41) is 12.1. The Balaban J connectivity index is 2.33. The molecule has 1 aromatic carbocycles. The lowest BCUT2D eigenvalue weighted by atomic mass is 9.82. The van der Waals surface area contributed by atoms with Gasteiger partial charge in [0.1, 0.15) is 5.82 Å². The second kappa shape index (κ2) is 4.88. The first kappa shape index (κ1) is 12.7. The minimum absolute atomic E-state index is 0.0589. The van der Waals surface area contributed by atoms with Crippen molar-refractivity contribution in [1.82, 2.24) is 0 Å². The molecule has 0 spiro atoms. The molecule has 4 heteroatoms. The molecule has 1 aliphatic rings. The molecule has 3 nitrogen and oxygen atoms in total. The molecule has 0 amide bonds. The molecule has 0 radical (unpaired) electrons. The van der Waals surface area contributed by atoms with E-state index in [1.165, 1.54) is 18.3 Å². The van der Waals surface area contributed by atoms with Gasteiger partial charge in [-0.3, -0.25) is 4.79 Å². The highest BCUT2D eigenvalue weighted by Gasteiger charge is 2.42. The molecule has 0 N–H and O–H groups in total. The van der Waals surface area contributed by atoms with Gasteiger partial charge in [-0.1, -0.05) is 12.1 Å². The van der Waals surface area contributed by atoms with Crippen molar-refractivity contribution >= 4 is 12.0 Å². The molecule has 1 saturated carbocycles. The Kier molecular flexibility index (Phi) is 3.45. The predicted molar refractivity (Wildman–Crippen MR) is 67.1 cm³/mol. The maximum atomic E-state index is 13.5. The van der Waals surface area contributed by atoms with Crippen LogP contribution < -0.4 is 0 Å². The molecule has 1 aromatic rings. The Bertz CT molecular complexity index is 498. The first-order valence-electron chi connectivity index (χ1n) is 6.13. The largest absolute Gasteiger partial charge is 0.623 e. The van der Waals surface area contributed by atoms with Gasteiger partial charge in [0.05, 0.1) is 5.56 Å². The van der Waals surface area contributed by atoms with Crippen molar-refractivity contribution in [2.45, 2.75) is 38.1 Å². The Morgan fingerprint density at radius 1 is 1.39 bits per heavy atom. The zero-order chi connectivity index (χ0) is 13.2. The highest BCUT2D eigenvalue weighted by molar-refractivity contribution is 5.88. The SMILES string of the molecule is C[C@]1(/[N+]([O-])=C/c2ccccc2F)CCCCC1=O. The van der Waals surface area contributed by atoms with Crippen LogP contribution in [-0.4, -0.2) is 22.3 Å². The maximum absolute atomic E-state index is 13.5. The summed E-state index contributed by atoms with van der Waals surface area (Å²) in [4.78, 5) is 11.9. The van der Waals surface area contributed by atoms with Crippen molar-refractivity contribution in [2.75, 3.05) is 0 Å². The smallest absolute Gasteiger partial charge is 0.227 e. The maximum Gasteiger partial charge on any atom is 0.227 e. The van der Waals surface area contributed by atoms with Crippen LogP contribution in [-0.2, 0) is 4.79 Å². The second-order valence-electron chi connectivity index (χ2n) is 4.88. The average Bonchev–Trinajstić information content (AvgIpc) is 2.36. The van der Waals surface area contributed by atoms with Crippen LogP contribution in [0.4, 0.5) is 4.39 Å². The van der Waals surface area contributed by atoms with Crippen molar-refractivity contribution in [2.24, 2.45) is 0 Å². The van der Waals surface area contributed by atoms with Crippen molar-refractivity contribution in [1.29, 1.82) is 0 Å². The van der Waals surface area contributed by atoms with E-state index in [1.807, 2.05) is 0 Å². The average molecular weight is 249 g/mol. The van der Waals surface area contributed by atoms with Gasteiger partial charge in [-0.25, -0.2) is 4.39 Å². The minimum Gasteiger partial charge on any atom is -0.623 e. The summed E-state index contributed by atoms with van der Waals surface area (Å²) < 4.78 is 14.1. The fraction of sp³-hybridized carbons (Fsp3) is 0.429. The molecular weight excluding hydrogens is 233 g/mol. The Morgan fingerprint density at radius 3 is 2.78 bits per heavy atom. The number of halogens is 1. The monoisotopic (exact) mass is 249 g/mol. The highest BCUT2D eigenvalue weighted by atomic mass is 19.1. The van der Waals surface area contributed by atoms with Crippen molar-refractivity contribution < 1.29 is 13.9 Å². The third-order valence-corrected chi connectivity index (χ3v) is 3.57. The van der Waals surface area contributed by atoms with Gasteiger partial charge in [0, 0.05) is 19.8 Å². The number of carbonyl (C=O) groups excluding carboxylic acids is 1. The zero-order valence-electron chi connectivity index (χ0n) is 10.4. The lowest BCUT2D eigenvalue weighted by Gasteiger charge is -2.30. The molecule has 96 valence electrons. The van der Waals surface area contributed by atoms with Gasteiger partial charge in [-0.15, -0.1) is 0 Å². The van der Waals surface area contributed by atoms with Gasteiger partial charge in [0.15, 0.2) is 6.21 Å². The van der Waals surface area contributed by atoms with Crippen LogP contribution in [0.1, 0.15) is 38.2 Å². The number of Topliss-reactive ketones (excluding diaryl/α,β-unsaturated/α-hetero) is 1. The van der Waals surface area contributed by atoms with E-state index in [4.69, 9.17) is 0 Å². The molecule has 0 unspecified atom stereocenters. The zero-order valence-corrected chi connectivity index (χ0v) is 10.4. The summed E-state index contributed by atoms with van der Waals surface area (Å²) in [6.07, 6.45) is 3.83. The standard InChI is InChI=1S/C14H16FNO2/c1-14(9-5-4-8-13(14)17)16(18)10-11-6-2-3-7-12(11)15/h2-3,6-7,10H,4-5,8-9H2,1H3/b16-10-/t14-/m0/s1. The van der Waals surface area contributed by atoms with Gasteiger partial charge in [0.2, 0.25) is 11.3 Å². The van der Waals surface area contributed by atoms with E-state index < -0.39 is 11.4 Å². The van der Waals surface area contributed by atoms with E-state index in [9.17, 15) is 14.4 Å². The molecular formula is C14H16FNO2. The Hall–Kier alpha value is -1.71. The number of rotatable bonds is 2. The molecule has 18 heavy (non-hydrogen) atoms. The van der Waals surface area contributed by atoms with E-state index in [-0.39, 0.29) is 11.3 Å². The van der Waals surface area contributed by atoms with Crippen molar-refractivity contribution in [3.05, 3.63) is 40.9 Å². The van der Waals surface area contributed by atoms with Crippen LogP contribution in [0, 0.1) is 11.0 Å². The minimum atomic E-state index is -1.04. The summed E-state index contributed by atoms with van der Waals surface area (Å²) in [6, 6.07) is 6.05. The van der Waals surface area contributed by atoms with Crippen LogP contribution in [0.5, 0.6) is 0 Å². The second-order valence-corrected chi connectivity index (χ2v) is 4.88. The third kappa shape index (κ3) is 2.28. The summed E-state index contributed by atoms with van der Waals surface area (Å²) in [7, 11) is 0. The van der Waals surface area contributed by atoms with Crippen LogP contribution in [0.2, 0.25) is 0 Å². The molecule has 1 atom stereocenters. The van der Waals surface area contributed by atoms with Crippen LogP contribution in [0.25, 0.3) is 0 Å². The molecule has 0 aliphatic heterocycles. The molecule has 1 fully saturated rings. The molecule has 0 aromatic heterocycles. The molecule has 2 rings (SSSR count). The number of nitrogens with zero attached hydrogens (tertiary/aromatic N) is 1. The molecule has 0 saturated heterocycles. The number of hydroxylamine groups is 1. The first-order valence-corrected chi connectivity index (χ1v) is 6.13. The third-order valence-electron chi connectivity index (χ3n) is 3.57. The predicted octanol–water partition coefficient (Wildman–Crippen LogP) is 2.66. The lowest BCUT2D eigenvalue weighted by molar-refractivity contribution is -0.525. The van der Waals surface area contributed by atoms with Crippen LogP contribution in [0.3, 0.4) is 0 Å². The topological polar surface area (TPSA) is 43.1 Å². The van der Waals surface area contributed by atoms with Gasteiger partial charge in [-0.2, -0.15) is 4.74 Å². The number of benzene rings is 1. The van der Waals surface area contributed by atoms with E-state index in [2.05, 4.69) is 0 Å². The van der Waals surface area contributed by atoms with Gasteiger partial charge < -0.3 is 5.21 Å². The number of ketones is 1. The molecule has 1 aliphatic carbocycles. The Labute approximate surface area is 106 Å². The number of carbonyl (C=O) groups is 1. The lowest BCUT2D eigenvalue weighted by Crippen LogP contribution is -2.47. The van der Waals surface area contributed by atoms with E-state index in [0.717, 1.165) is 12.8 Å². The fourth-order valence-corrected chi connectivity index (χ4v) is 2.25. The highest BCUT2D eigenvalue weighted by Crippen LogP contribution is 2.27. The number of hydrogen-bond acceptors (Lipinski definition) is 2. The quantitative estimate of drug-likeness (QED) is 0.350. The number of hydrogen-bond donors (Lipinski definition) is 0. The van der Waals surface area contributed by atoms with E-state index >= 15 is 0 Å². The van der Waals surface area contributed by atoms with Gasteiger partial charge in [0.25, 0.3) is 0 Å². The summed E-state index contributed by atoms with van der Waals surface area (Å²) in [5.74, 6) is -0.512. The summed E-state index contributed by atoms with van der Waals surface area (Å²) in [6.45, 7) is 1.64. The first-order chi connectivity index (χ1) is 8.54. The van der Waals surface area contributed by atoms with Gasteiger partial charge in [-0.05, 0) is 25.0 Å².